The van der Waals surface area contributed by atoms with E-state index in [1.54, 1.807) is 19.1 Å². The average molecular weight is 328 g/mol. The van der Waals surface area contributed by atoms with E-state index in [9.17, 15) is 22.8 Å². The zero-order valence-corrected chi connectivity index (χ0v) is 12.8. The molecule has 0 saturated heterocycles. The van der Waals surface area contributed by atoms with Crippen molar-refractivity contribution in [3.05, 3.63) is 48.0 Å². The molecule has 0 aliphatic carbocycles. The van der Waals surface area contributed by atoms with Gasteiger partial charge in [0, 0.05) is 18.7 Å². The number of amides is 2. The van der Waals surface area contributed by atoms with Crippen molar-refractivity contribution in [3.63, 3.8) is 0 Å². The summed E-state index contributed by atoms with van der Waals surface area (Å²) in [6.45, 7) is 4.05. The minimum absolute atomic E-state index is 0.0372. The van der Waals surface area contributed by atoms with E-state index in [0.717, 1.165) is 16.5 Å². The molecule has 0 radical (unpaired) electrons. The fourth-order valence-electron chi connectivity index (χ4n) is 1.95. The maximum Gasteiger partial charge on any atom is 0.406 e. The first kappa shape index (κ1) is 18.7. The largest absolute Gasteiger partial charge is 0.406 e. The van der Waals surface area contributed by atoms with Crippen LogP contribution in [-0.4, -0.2) is 36.0 Å². The Morgan fingerprint density at radius 3 is 2.35 bits per heavy atom. The summed E-state index contributed by atoms with van der Waals surface area (Å²) in [6.07, 6.45) is -2.86. The van der Waals surface area contributed by atoms with Crippen LogP contribution >= 0.6 is 0 Å². The number of alkyl halides is 3. The fourth-order valence-corrected chi connectivity index (χ4v) is 1.95. The van der Waals surface area contributed by atoms with Crippen LogP contribution in [-0.2, 0) is 11.3 Å². The van der Waals surface area contributed by atoms with Gasteiger partial charge in [-0.25, -0.2) is 0 Å². The van der Waals surface area contributed by atoms with Crippen molar-refractivity contribution >= 4 is 11.8 Å². The van der Waals surface area contributed by atoms with Crippen molar-refractivity contribution in [1.82, 2.24) is 10.2 Å². The molecule has 126 valence electrons. The lowest BCUT2D eigenvalue weighted by atomic mass is 10.1. The number of benzene rings is 1. The summed E-state index contributed by atoms with van der Waals surface area (Å²) in [5.41, 5.74) is 0.913. The lowest BCUT2D eigenvalue weighted by Crippen LogP contribution is -2.39. The summed E-state index contributed by atoms with van der Waals surface area (Å²) >= 11 is 0. The third-order valence-corrected chi connectivity index (χ3v) is 3.00. The number of halogens is 3. The van der Waals surface area contributed by atoms with Gasteiger partial charge in [0.15, 0.2) is 0 Å². The van der Waals surface area contributed by atoms with Crippen LogP contribution < -0.4 is 5.32 Å². The number of carbonyl (C=O) groups excluding carboxylic acids is 2. The first-order valence-electron chi connectivity index (χ1n) is 7.12. The Hall–Kier alpha value is -2.31. The van der Waals surface area contributed by atoms with E-state index in [2.05, 4.69) is 11.9 Å². The second-order valence-electron chi connectivity index (χ2n) is 4.96. The molecule has 0 saturated carbocycles. The molecule has 0 heterocycles. The molecule has 0 bridgehead atoms. The molecular formula is C16H19F3N2O2. The number of hydrogen-bond donors (Lipinski definition) is 1. The highest BCUT2D eigenvalue weighted by atomic mass is 19.4. The molecule has 1 aromatic rings. The molecule has 23 heavy (non-hydrogen) atoms. The first-order chi connectivity index (χ1) is 10.8. The van der Waals surface area contributed by atoms with E-state index in [-0.39, 0.29) is 24.6 Å². The van der Waals surface area contributed by atoms with Crippen molar-refractivity contribution < 1.29 is 22.8 Å². The van der Waals surface area contributed by atoms with Gasteiger partial charge in [-0.1, -0.05) is 25.6 Å². The zero-order valence-electron chi connectivity index (χ0n) is 12.8. The van der Waals surface area contributed by atoms with Gasteiger partial charge in [0.2, 0.25) is 5.91 Å². The molecule has 0 aromatic heterocycles. The highest BCUT2D eigenvalue weighted by Gasteiger charge is 2.32. The van der Waals surface area contributed by atoms with Gasteiger partial charge in [-0.2, -0.15) is 13.2 Å². The van der Waals surface area contributed by atoms with E-state index < -0.39 is 18.6 Å². The Morgan fingerprint density at radius 1 is 1.26 bits per heavy atom. The topological polar surface area (TPSA) is 49.4 Å². The number of nitrogens with zero attached hydrogens (tertiary/aromatic N) is 1. The van der Waals surface area contributed by atoms with Gasteiger partial charge >= 0.3 is 6.18 Å². The zero-order chi connectivity index (χ0) is 17.5. The Morgan fingerprint density at radius 2 is 1.87 bits per heavy atom. The molecular weight excluding hydrogens is 309 g/mol. The lowest BCUT2D eigenvalue weighted by molar-refractivity contribution is -0.140. The number of rotatable bonds is 7. The molecule has 0 aliphatic rings. The van der Waals surface area contributed by atoms with Crippen molar-refractivity contribution in [2.75, 3.05) is 13.1 Å². The van der Waals surface area contributed by atoms with E-state index in [0.29, 0.717) is 6.42 Å². The van der Waals surface area contributed by atoms with E-state index in [1.807, 2.05) is 0 Å². The van der Waals surface area contributed by atoms with Crippen LogP contribution in [0.2, 0.25) is 0 Å². The number of carbonyl (C=O) groups is 2. The van der Waals surface area contributed by atoms with Gasteiger partial charge in [-0.05, 0) is 30.2 Å². The molecule has 1 aromatic carbocycles. The first-order valence-corrected chi connectivity index (χ1v) is 7.12. The molecule has 0 atom stereocenters. The van der Waals surface area contributed by atoms with Gasteiger partial charge in [-0.3, -0.25) is 9.59 Å². The van der Waals surface area contributed by atoms with Crippen molar-refractivity contribution in [2.45, 2.75) is 26.1 Å². The van der Waals surface area contributed by atoms with Crippen LogP contribution in [0.1, 0.15) is 29.3 Å². The van der Waals surface area contributed by atoms with E-state index in [4.69, 9.17) is 0 Å². The summed E-state index contributed by atoms with van der Waals surface area (Å²) in [5, 5.41) is 2.57. The minimum atomic E-state index is -4.43. The van der Waals surface area contributed by atoms with Crippen molar-refractivity contribution in [1.29, 1.82) is 0 Å². The predicted molar refractivity (Wildman–Crippen MR) is 80.7 cm³/mol. The van der Waals surface area contributed by atoms with Crippen LogP contribution in [0.3, 0.4) is 0 Å². The summed E-state index contributed by atoms with van der Waals surface area (Å²) in [6, 6.07) is 6.09. The third kappa shape index (κ3) is 6.54. The predicted octanol–water partition coefficient (Wildman–Crippen LogP) is 2.90. The van der Waals surface area contributed by atoms with Crippen molar-refractivity contribution in [3.8, 4) is 0 Å². The number of nitrogens with one attached hydrogen (secondary N) is 1. The number of hydrogen-bond acceptors (Lipinski definition) is 2. The highest BCUT2D eigenvalue weighted by Crippen LogP contribution is 2.18. The average Bonchev–Trinajstić information content (AvgIpc) is 2.50. The van der Waals surface area contributed by atoms with Crippen LogP contribution in [0, 0.1) is 0 Å². The summed E-state index contributed by atoms with van der Waals surface area (Å²) < 4.78 is 37.6. The van der Waals surface area contributed by atoms with Crippen LogP contribution in [0.15, 0.2) is 36.9 Å². The molecule has 0 fully saturated rings. The summed E-state index contributed by atoms with van der Waals surface area (Å²) in [4.78, 5) is 24.0. The van der Waals surface area contributed by atoms with Crippen LogP contribution in [0.25, 0.3) is 0 Å². The monoisotopic (exact) mass is 328 g/mol. The molecule has 2 amide bonds. The van der Waals surface area contributed by atoms with Crippen molar-refractivity contribution in [2.24, 2.45) is 0 Å². The molecule has 1 N–H and O–H groups in total. The second-order valence-corrected chi connectivity index (χ2v) is 4.96. The quantitative estimate of drug-likeness (QED) is 0.783. The Balaban J connectivity index is 2.77. The fraction of sp³-hybridized carbons (Fsp3) is 0.375. The lowest BCUT2D eigenvalue weighted by Gasteiger charge is -2.23. The van der Waals surface area contributed by atoms with E-state index in [1.165, 1.54) is 12.1 Å². The molecule has 1 rings (SSSR count). The van der Waals surface area contributed by atoms with Crippen LogP contribution in [0.5, 0.6) is 0 Å². The molecule has 0 unspecified atom stereocenters. The summed E-state index contributed by atoms with van der Waals surface area (Å²) in [7, 11) is 0. The third-order valence-electron chi connectivity index (χ3n) is 3.00. The summed E-state index contributed by atoms with van der Waals surface area (Å²) in [5.74, 6) is -0.990. The van der Waals surface area contributed by atoms with Gasteiger partial charge < -0.3 is 10.2 Å². The Kier molecular flexibility index (Phi) is 6.81. The normalized spacial score (nSPS) is 11.0. The van der Waals surface area contributed by atoms with Crippen LogP contribution in [0.4, 0.5) is 13.2 Å². The van der Waals surface area contributed by atoms with Gasteiger partial charge in [0.1, 0.15) is 6.54 Å². The standard InChI is InChI=1S/C16H19F3N2O2/c1-3-9-21(11-16(17,18)19)15(23)13-7-5-12(6-8-13)10-20-14(22)4-2/h4-8H,2-3,9-11H2,1H3,(H,20,22). The molecule has 4 nitrogen and oxygen atoms in total. The molecule has 0 spiro atoms. The second kappa shape index (κ2) is 8.36. The Labute approximate surface area is 133 Å². The van der Waals surface area contributed by atoms with E-state index >= 15 is 0 Å². The SMILES string of the molecule is C=CC(=O)NCc1ccc(C(=O)N(CCC)CC(F)(F)F)cc1. The van der Waals surface area contributed by atoms with Gasteiger partial charge in [0.25, 0.3) is 5.91 Å². The minimum Gasteiger partial charge on any atom is -0.348 e. The van der Waals surface area contributed by atoms with Gasteiger partial charge in [0.05, 0.1) is 0 Å². The van der Waals surface area contributed by atoms with Gasteiger partial charge in [-0.15, -0.1) is 0 Å². The molecule has 0 aliphatic heterocycles. The maximum absolute atomic E-state index is 12.5. The maximum atomic E-state index is 12.5. The smallest absolute Gasteiger partial charge is 0.348 e. The Bertz CT molecular complexity index is 553. The molecule has 7 heteroatoms. The highest BCUT2D eigenvalue weighted by molar-refractivity contribution is 5.94.